The van der Waals surface area contributed by atoms with Crippen molar-refractivity contribution in [3.63, 3.8) is 0 Å². The molecule has 0 amide bonds. The van der Waals surface area contributed by atoms with Gasteiger partial charge >= 0.3 is 0 Å². The fraction of sp³-hybridized carbons (Fsp3) is 0.714. The van der Waals surface area contributed by atoms with E-state index >= 15 is 0 Å². The summed E-state index contributed by atoms with van der Waals surface area (Å²) < 4.78 is 25.1. The third-order valence-corrected chi connectivity index (χ3v) is 8.96. The summed E-state index contributed by atoms with van der Waals surface area (Å²) in [6.07, 6.45) is 8.67. The van der Waals surface area contributed by atoms with E-state index in [1.54, 1.807) is 24.3 Å². The van der Waals surface area contributed by atoms with Gasteiger partial charge in [0, 0.05) is 6.54 Å². The molecule has 0 N–H and O–H groups in total. The lowest BCUT2D eigenvalue weighted by Gasteiger charge is -2.41. The molecule has 0 aromatic heterocycles. The number of piperidine rings is 1. The molecule has 1 heterocycles. The maximum Gasteiger partial charge on any atom is 0.183 e. The summed E-state index contributed by atoms with van der Waals surface area (Å²) in [4.78, 5) is 3.03. The number of hydrogen-bond acceptors (Lipinski definition) is 3. The van der Waals surface area contributed by atoms with E-state index in [-0.39, 0.29) is 0 Å². The molecule has 1 aromatic rings. The van der Waals surface area contributed by atoms with E-state index in [0.29, 0.717) is 4.90 Å². The van der Waals surface area contributed by atoms with Crippen molar-refractivity contribution < 1.29 is 8.42 Å². The standard InChI is InChI=1S/C21H33NO2S/c1-21(2,25(23,24)20-11-4-3-5-12-20)14-8-15-22-16-13-18-9-6-7-10-19(18)17-22/h3-5,11-12,18-19H,6-10,13-17H2,1-2H3. The molecule has 3 nitrogen and oxygen atoms in total. The van der Waals surface area contributed by atoms with Crippen LogP contribution in [0.15, 0.2) is 35.2 Å². The first-order valence-electron chi connectivity index (χ1n) is 9.92. The van der Waals surface area contributed by atoms with Crippen molar-refractivity contribution >= 4 is 9.84 Å². The topological polar surface area (TPSA) is 37.4 Å². The Bertz CT molecular complexity index is 654. The lowest BCUT2D eigenvalue weighted by Crippen LogP contribution is -2.42. The van der Waals surface area contributed by atoms with Gasteiger partial charge in [0.25, 0.3) is 0 Å². The molecule has 0 radical (unpaired) electrons. The highest BCUT2D eigenvalue weighted by atomic mass is 32.2. The number of sulfone groups is 1. The molecule has 1 saturated carbocycles. The minimum absolute atomic E-state index is 0.447. The highest BCUT2D eigenvalue weighted by Crippen LogP contribution is 2.36. The van der Waals surface area contributed by atoms with E-state index in [1.165, 1.54) is 45.2 Å². The van der Waals surface area contributed by atoms with Gasteiger partial charge in [-0.05, 0) is 76.6 Å². The zero-order chi connectivity index (χ0) is 17.9. The summed E-state index contributed by atoms with van der Waals surface area (Å²) >= 11 is 0. The van der Waals surface area contributed by atoms with Crippen molar-refractivity contribution in [2.24, 2.45) is 11.8 Å². The molecule has 3 rings (SSSR count). The monoisotopic (exact) mass is 363 g/mol. The van der Waals surface area contributed by atoms with Crippen LogP contribution in [0.3, 0.4) is 0 Å². The van der Waals surface area contributed by atoms with Gasteiger partial charge in [0.2, 0.25) is 0 Å². The molecule has 0 bridgehead atoms. The maximum atomic E-state index is 12.9. The third kappa shape index (κ3) is 4.28. The van der Waals surface area contributed by atoms with Gasteiger partial charge in [-0.2, -0.15) is 0 Å². The maximum absolute atomic E-state index is 12.9. The molecule has 2 fully saturated rings. The summed E-state index contributed by atoms with van der Waals surface area (Å²) in [7, 11) is -3.28. The quantitative estimate of drug-likeness (QED) is 0.745. The van der Waals surface area contributed by atoms with Crippen LogP contribution in [0.5, 0.6) is 0 Å². The van der Waals surface area contributed by atoms with Gasteiger partial charge in [0.15, 0.2) is 9.84 Å². The molecule has 1 aromatic carbocycles. The molecule has 2 atom stereocenters. The predicted octanol–water partition coefficient (Wildman–Crippen LogP) is 4.53. The molecule has 140 valence electrons. The Morgan fingerprint density at radius 1 is 1.04 bits per heavy atom. The summed E-state index contributed by atoms with van der Waals surface area (Å²) in [5.74, 6) is 1.85. The van der Waals surface area contributed by atoms with Crippen LogP contribution in [-0.2, 0) is 9.84 Å². The van der Waals surface area contributed by atoms with Crippen LogP contribution >= 0.6 is 0 Å². The minimum Gasteiger partial charge on any atom is -0.303 e. The predicted molar refractivity (Wildman–Crippen MR) is 103 cm³/mol. The van der Waals surface area contributed by atoms with Crippen LogP contribution in [-0.4, -0.2) is 37.7 Å². The van der Waals surface area contributed by atoms with Crippen molar-refractivity contribution in [3.05, 3.63) is 30.3 Å². The van der Waals surface area contributed by atoms with Crippen molar-refractivity contribution in [2.75, 3.05) is 19.6 Å². The summed E-state index contributed by atoms with van der Waals surface area (Å²) in [6.45, 7) is 7.23. The number of rotatable bonds is 6. The highest BCUT2D eigenvalue weighted by molar-refractivity contribution is 7.92. The van der Waals surface area contributed by atoms with E-state index < -0.39 is 14.6 Å². The van der Waals surface area contributed by atoms with Crippen LogP contribution in [0.25, 0.3) is 0 Å². The molecule has 4 heteroatoms. The van der Waals surface area contributed by atoms with E-state index in [2.05, 4.69) is 4.90 Å². The second kappa shape index (κ2) is 7.79. The van der Waals surface area contributed by atoms with E-state index in [0.717, 1.165) is 31.2 Å². The Balaban J connectivity index is 1.52. The van der Waals surface area contributed by atoms with E-state index in [1.807, 2.05) is 19.9 Å². The van der Waals surface area contributed by atoms with Gasteiger partial charge in [-0.1, -0.05) is 37.5 Å². The number of nitrogens with zero attached hydrogens (tertiary/aromatic N) is 1. The molecular weight excluding hydrogens is 330 g/mol. The summed E-state index contributed by atoms with van der Waals surface area (Å²) in [5.41, 5.74) is 0. The number of hydrogen-bond donors (Lipinski definition) is 0. The first kappa shape index (κ1) is 18.9. The molecule has 1 saturated heterocycles. The van der Waals surface area contributed by atoms with Crippen LogP contribution < -0.4 is 0 Å². The molecule has 1 aliphatic heterocycles. The summed E-state index contributed by atoms with van der Waals surface area (Å²) in [6, 6.07) is 8.89. The fourth-order valence-electron chi connectivity index (χ4n) is 4.66. The van der Waals surface area contributed by atoms with Gasteiger partial charge in [-0.3, -0.25) is 0 Å². The number of likely N-dealkylation sites (tertiary alicyclic amines) is 1. The first-order valence-corrected chi connectivity index (χ1v) is 11.4. The second-order valence-electron chi connectivity index (χ2n) is 8.57. The molecule has 2 unspecified atom stereocenters. The lowest BCUT2D eigenvalue weighted by atomic mass is 9.75. The molecule has 25 heavy (non-hydrogen) atoms. The van der Waals surface area contributed by atoms with Gasteiger partial charge in [0.05, 0.1) is 9.64 Å². The Morgan fingerprint density at radius 3 is 2.44 bits per heavy atom. The number of fused-ring (bicyclic) bond motifs is 1. The Labute approximate surface area is 153 Å². The number of benzene rings is 1. The second-order valence-corrected chi connectivity index (χ2v) is 11.2. The Hall–Kier alpha value is -0.870. The zero-order valence-corrected chi connectivity index (χ0v) is 16.6. The van der Waals surface area contributed by atoms with Crippen LogP contribution in [0.1, 0.15) is 58.8 Å². The van der Waals surface area contributed by atoms with Gasteiger partial charge in [-0.15, -0.1) is 0 Å². The third-order valence-electron chi connectivity index (χ3n) is 6.41. The van der Waals surface area contributed by atoms with Gasteiger partial charge < -0.3 is 4.90 Å². The molecule has 2 aliphatic rings. The van der Waals surface area contributed by atoms with E-state index in [4.69, 9.17) is 0 Å². The zero-order valence-electron chi connectivity index (χ0n) is 15.8. The lowest BCUT2D eigenvalue weighted by molar-refractivity contribution is 0.0853. The smallest absolute Gasteiger partial charge is 0.183 e. The minimum atomic E-state index is -3.28. The van der Waals surface area contributed by atoms with Crippen molar-refractivity contribution in [1.29, 1.82) is 0 Å². The van der Waals surface area contributed by atoms with Crippen molar-refractivity contribution in [2.45, 2.75) is 68.4 Å². The molecular formula is C21H33NO2S. The average molecular weight is 364 g/mol. The van der Waals surface area contributed by atoms with Gasteiger partial charge in [-0.25, -0.2) is 8.42 Å². The normalized spacial score (nSPS) is 25.5. The van der Waals surface area contributed by atoms with Crippen molar-refractivity contribution in [3.8, 4) is 0 Å². The average Bonchev–Trinajstić information content (AvgIpc) is 2.62. The highest BCUT2D eigenvalue weighted by Gasteiger charge is 2.36. The first-order chi connectivity index (χ1) is 11.9. The van der Waals surface area contributed by atoms with Crippen molar-refractivity contribution in [1.82, 2.24) is 4.90 Å². The SMILES string of the molecule is CC(C)(CCCN1CCC2CCCCC2C1)S(=O)(=O)c1ccccc1. The van der Waals surface area contributed by atoms with Crippen LogP contribution in [0.4, 0.5) is 0 Å². The summed E-state index contributed by atoms with van der Waals surface area (Å²) in [5, 5.41) is 0. The van der Waals surface area contributed by atoms with Crippen LogP contribution in [0, 0.1) is 11.8 Å². The molecule has 1 aliphatic carbocycles. The Kier molecular flexibility index (Phi) is 5.89. The molecule has 0 spiro atoms. The van der Waals surface area contributed by atoms with Gasteiger partial charge in [0.1, 0.15) is 0 Å². The fourth-order valence-corrected chi connectivity index (χ4v) is 6.23. The van der Waals surface area contributed by atoms with E-state index in [9.17, 15) is 8.42 Å². The Morgan fingerprint density at radius 2 is 1.72 bits per heavy atom. The largest absolute Gasteiger partial charge is 0.303 e. The van der Waals surface area contributed by atoms with Crippen LogP contribution in [0.2, 0.25) is 0 Å².